The maximum Gasteiger partial charge on any atom is 0.336 e. The third kappa shape index (κ3) is 4.54. The third-order valence-electron chi connectivity index (χ3n) is 6.05. The number of ether oxygens (including phenoxy) is 3. The Morgan fingerprint density at radius 1 is 1.21 bits per heavy atom. The Morgan fingerprint density at radius 2 is 2.03 bits per heavy atom. The van der Waals surface area contributed by atoms with E-state index in [-0.39, 0.29) is 36.4 Å². The minimum absolute atomic E-state index is 0.00566. The monoisotopic (exact) mass is 469 g/mol. The average Bonchev–Trinajstić information content (AvgIpc) is 3.33. The molecule has 7 nitrogen and oxygen atoms in total. The molecule has 33 heavy (non-hydrogen) atoms. The molecule has 2 heterocycles. The highest BCUT2D eigenvalue weighted by Gasteiger charge is 2.41. The second kappa shape index (κ2) is 9.80. The second-order valence-corrected chi connectivity index (χ2v) is 9.07. The zero-order valence-corrected chi connectivity index (χ0v) is 19.7. The number of nitrogens with one attached hydrogen (secondary N) is 1. The first-order chi connectivity index (χ1) is 15.9. The molecule has 0 fully saturated rings. The smallest absolute Gasteiger partial charge is 0.336 e. The molecular formula is C25H27NO6S. The van der Waals surface area contributed by atoms with Crippen molar-refractivity contribution in [2.45, 2.75) is 31.6 Å². The standard InChI is InChI=1S/C25H27NO6S/c1-14-22(25(29)32-9-8-30-2)23(15-6-7-18(27)20(13-15)31-3)24-17(26-14)11-16(12-19(24)28)21-5-4-10-33-21/h4-7,10,13,16,23,26-27H,8-9,11-12H2,1-3H3/t16-,23-/m1/s1. The molecule has 174 valence electrons. The molecule has 4 rings (SSSR count). The fourth-order valence-corrected chi connectivity index (χ4v) is 5.37. The van der Waals surface area contributed by atoms with Crippen molar-refractivity contribution in [1.29, 1.82) is 0 Å². The van der Waals surface area contributed by atoms with Gasteiger partial charge >= 0.3 is 5.97 Å². The van der Waals surface area contributed by atoms with Crippen LogP contribution in [-0.2, 0) is 19.1 Å². The fraction of sp³-hybridized carbons (Fsp3) is 0.360. The molecule has 0 unspecified atom stereocenters. The number of thiophene rings is 1. The van der Waals surface area contributed by atoms with E-state index in [0.717, 1.165) is 5.70 Å². The number of phenolic OH excluding ortho intramolecular Hbond substituents is 1. The van der Waals surface area contributed by atoms with Gasteiger partial charge in [-0.05, 0) is 42.5 Å². The number of carbonyl (C=O) groups excluding carboxylic acids is 2. The summed E-state index contributed by atoms with van der Waals surface area (Å²) in [6.07, 6.45) is 1.05. The molecule has 0 amide bonds. The minimum Gasteiger partial charge on any atom is -0.504 e. The number of phenols is 1. The van der Waals surface area contributed by atoms with Crippen LogP contribution in [-0.4, -0.2) is 44.3 Å². The molecule has 0 saturated carbocycles. The van der Waals surface area contributed by atoms with Crippen LogP contribution in [0.2, 0.25) is 0 Å². The lowest BCUT2D eigenvalue weighted by Crippen LogP contribution is -2.36. The van der Waals surface area contributed by atoms with Gasteiger partial charge in [0.2, 0.25) is 0 Å². The summed E-state index contributed by atoms with van der Waals surface area (Å²) in [7, 11) is 3.00. The largest absolute Gasteiger partial charge is 0.504 e. The van der Waals surface area contributed by atoms with Crippen LogP contribution >= 0.6 is 11.3 Å². The van der Waals surface area contributed by atoms with Gasteiger partial charge < -0.3 is 24.6 Å². The highest BCUT2D eigenvalue weighted by atomic mass is 32.1. The Labute approximate surface area is 196 Å². The van der Waals surface area contributed by atoms with Gasteiger partial charge in [-0.25, -0.2) is 4.79 Å². The Balaban J connectivity index is 1.79. The summed E-state index contributed by atoms with van der Waals surface area (Å²) >= 11 is 1.65. The van der Waals surface area contributed by atoms with Crippen molar-refractivity contribution >= 4 is 23.1 Å². The number of ketones is 1. The molecule has 2 aliphatic rings. The molecule has 1 aliphatic carbocycles. The van der Waals surface area contributed by atoms with E-state index >= 15 is 0 Å². The number of aromatic hydroxyl groups is 1. The SMILES string of the molecule is COCCOC(=O)C1=C(C)NC2=C(C(=O)C[C@H](c3cccs3)C2)[C@@H]1c1ccc(O)c(OC)c1. The Bertz CT molecular complexity index is 1120. The lowest BCUT2D eigenvalue weighted by Gasteiger charge is -2.36. The van der Waals surface area contributed by atoms with Gasteiger partial charge in [0, 0.05) is 47.2 Å². The first-order valence-electron chi connectivity index (χ1n) is 10.7. The predicted molar refractivity (Wildman–Crippen MR) is 124 cm³/mol. The van der Waals surface area contributed by atoms with Crippen LogP contribution in [0.3, 0.4) is 0 Å². The molecular weight excluding hydrogens is 442 g/mol. The van der Waals surface area contributed by atoms with Gasteiger partial charge in [-0.1, -0.05) is 12.1 Å². The van der Waals surface area contributed by atoms with E-state index in [1.165, 1.54) is 25.2 Å². The predicted octanol–water partition coefficient (Wildman–Crippen LogP) is 4.01. The summed E-state index contributed by atoms with van der Waals surface area (Å²) in [6.45, 7) is 2.21. The number of hydrogen-bond acceptors (Lipinski definition) is 8. The number of allylic oxidation sites excluding steroid dienone is 3. The summed E-state index contributed by atoms with van der Waals surface area (Å²) in [6, 6.07) is 8.95. The highest BCUT2D eigenvalue weighted by Crippen LogP contribution is 2.47. The van der Waals surface area contributed by atoms with Crippen molar-refractivity contribution in [3.05, 3.63) is 68.7 Å². The lowest BCUT2D eigenvalue weighted by molar-refractivity contribution is -0.140. The number of methoxy groups -OCH3 is 2. The van der Waals surface area contributed by atoms with Crippen LogP contribution in [0.1, 0.15) is 42.0 Å². The van der Waals surface area contributed by atoms with E-state index < -0.39 is 11.9 Å². The summed E-state index contributed by atoms with van der Waals surface area (Å²) in [5, 5.41) is 15.4. The number of dihydropyridines is 1. The first kappa shape index (κ1) is 23.1. The molecule has 1 aromatic carbocycles. The van der Waals surface area contributed by atoms with Gasteiger partial charge in [0.25, 0.3) is 0 Å². The van der Waals surface area contributed by atoms with Gasteiger partial charge in [-0.15, -0.1) is 11.3 Å². The quantitative estimate of drug-likeness (QED) is 0.467. The molecule has 2 atom stereocenters. The molecule has 2 aromatic rings. The normalized spacial score (nSPS) is 20.4. The average molecular weight is 470 g/mol. The number of benzene rings is 1. The van der Waals surface area contributed by atoms with Crippen molar-refractivity contribution in [3.63, 3.8) is 0 Å². The molecule has 1 aliphatic heterocycles. The van der Waals surface area contributed by atoms with Crippen molar-refractivity contribution in [2.75, 3.05) is 27.4 Å². The van der Waals surface area contributed by atoms with Crippen LogP contribution in [0.4, 0.5) is 0 Å². The fourth-order valence-electron chi connectivity index (χ4n) is 4.54. The molecule has 0 radical (unpaired) electrons. The van der Waals surface area contributed by atoms with E-state index in [1.54, 1.807) is 23.5 Å². The molecule has 8 heteroatoms. The van der Waals surface area contributed by atoms with Crippen LogP contribution in [0.5, 0.6) is 11.5 Å². The van der Waals surface area contributed by atoms with E-state index in [0.29, 0.717) is 35.2 Å². The number of rotatable bonds is 7. The molecule has 2 N–H and O–H groups in total. The molecule has 0 saturated heterocycles. The van der Waals surface area contributed by atoms with Crippen molar-refractivity contribution in [3.8, 4) is 11.5 Å². The number of Topliss-reactive ketones (excluding diaryl/α,β-unsaturated/α-hetero) is 1. The molecule has 1 aromatic heterocycles. The van der Waals surface area contributed by atoms with E-state index in [9.17, 15) is 14.7 Å². The van der Waals surface area contributed by atoms with Gasteiger partial charge in [-0.2, -0.15) is 0 Å². The van der Waals surface area contributed by atoms with Crippen LogP contribution in [0.25, 0.3) is 0 Å². The zero-order valence-electron chi connectivity index (χ0n) is 18.8. The zero-order chi connectivity index (χ0) is 23.5. The van der Waals surface area contributed by atoms with Gasteiger partial charge in [0.1, 0.15) is 6.61 Å². The first-order valence-corrected chi connectivity index (χ1v) is 11.6. The highest BCUT2D eigenvalue weighted by molar-refractivity contribution is 7.10. The summed E-state index contributed by atoms with van der Waals surface area (Å²) < 4.78 is 15.7. The Kier molecular flexibility index (Phi) is 6.85. The summed E-state index contributed by atoms with van der Waals surface area (Å²) in [5.41, 5.74) is 3.10. The van der Waals surface area contributed by atoms with Crippen LogP contribution in [0, 0.1) is 0 Å². The van der Waals surface area contributed by atoms with Crippen molar-refractivity contribution in [1.82, 2.24) is 5.32 Å². The van der Waals surface area contributed by atoms with Crippen molar-refractivity contribution in [2.24, 2.45) is 0 Å². The van der Waals surface area contributed by atoms with Crippen LogP contribution in [0.15, 0.2) is 58.3 Å². The Morgan fingerprint density at radius 3 is 2.73 bits per heavy atom. The Hall–Kier alpha value is -3.10. The molecule has 0 bridgehead atoms. The maximum atomic E-state index is 13.5. The van der Waals surface area contributed by atoms with Crippen LogP contribution < -0.4 is 10.1 Å². The summed E-state index contributed by atoms with van der Waals surface area (Å²) in [5.74, 6) is -0.772. The van der Waals surface area contributed by atoms with Gasteiger partial charge in [0.15, 0.2) is 17.3 Å². The number of carbonyl (C=O) groups is 2. The van der Waals surface area contributed by atoms with Gasteiger partial charge in [0.05, 0.1) is 19.3 Å². The number of hydrogen-bond donors (Lipinski definition) is 2. The summed E-state index contributed by atoms with van der Waals surface area (Å²) in [4.78, 5) is 27.8. The van der Waals surface area contributed by atoms with E-state index in [1.807, 2.05) is 18.4 Å². The second-order valence-electron chi connectivity index (χ2n) is 8.09. The molecule has 0 spiro atoms. The topological polar surface area (TPSA) is 94.1 Å². The minimum atomic E-state index is -0.623. The number of esters is 1. The van der Waals surface area contributed by atoms with Gasteiger partial charge in [-0.3, -0.25) is 4.79 Å². The lowest BCUT2D eigenvalue weighted by atomic mass is 9.72. The third-order valence-corrected chi connectivity index (χ3v) is 7.09. The van der Waals surface area contributed by atoms with Crippen molar-refractivity contribution < 1.29 is 28.9 Å². The van der Waals surface area contributed by atoms with E-state index in [2.05, 4.69) is 11.4 Å². The maximum absolute atomic E-state index is 13.5. The van der Waals surface area contributed by atoms with E-state index in [4.69, 9.17) is 14.2 Å².